The second-order valence-electron chi connectivity index (χ2n) is 7.40. The summed E-state index contributed by atoms with van der Waals surface area (Å²) in [7, 11) is -2.02. The number of anilines is 2. The molecule has 0 spiro atoms. The molecule has 2 aromatic rings. The van der Waals surface area contributed by atoms with Crippen LogP contribution >= 0.6 is 0 Å². The van der Waals surface area contributed by atoms with Gasteiger partial charge in [-0.1, -0.05) is 24.3 Å². The fraction of sp³-hybridized carbons (Fsp3) is 0.381. The standard InChI is InChI=1S/C21H28N4O3S/c1-16(17-10-12-18(13-11-17)29(22,27)28)24(2)21(26)23-19-8-4-5-9-20(19)25-14-6-3-7-15-25/h4-5,8-13,16H,3,6-7,14-15H2,1-2H3,(H,23,26)(H2,22,27,28)/t16-/m0/s1. The Hall–Kier alpha value is -2.58. The summed E-state index contributed by atoms with van der Waals surface area (Å²) in [5, 5.41) is 8.17. The van der Waals surface area contributed by atoms with Gasteiger partial charge in [-0.05, 0) is 56.0 Å². The molecule has 7 nitrogen and oxygen atoms in total. The molecule has 1 aliphatic rings. The summed E-state index contributed by atoms with van der Waals surface area (Å²) in [6.45, 7) is 3.88. The van der Waals surface area contributed by atoms with Crippen molar-refractivity contribution in [2.75, 3.05) is 30.4 Å². The number of nitrogens with zero attached hydrogens (tertiary/aromatic N) is 2. The Labute approximate surface area is 172 Å². The number of carbonyl (C=O) groups is 1. The first-order chi connectivity index (χ1) is 13.8. The molecule has 0 saturated carbocycles. The van der Waals surface area contributed by atoms with Crippen molar-refractivity contribution in [1.82, 2.24) is 4.90 Å². The summed E-state index contributed by atoms with van der Waals surface area (Å²) in [6, 6.07) is 13.7. The Kier molecular flexibility index (Phi) is 6.44. The van der Waals surface area contributed by atoms with Gasteiger partial charge in [-0.15, -0.1) is 0 Å². The fourth-order valence-electron chi connectivity index (χ4n) is 3.53. The van der Waals surface area contributed by atoms with Gasteiger partial charge in [-0.25, -0.2) is 18.4 Å². The zero-order valence-electron chi connectivity index (χ0n) is 16.8. The van der Waals surface area contributed by atoms with Crippen LogP contribution in [0, 0.1) is 0 Å². The molecule has 0 bridgehead atoms. The minimum Gasteiger partial charge on any atom is -0.370 e. The Bertz CT molecular complexity index is 954. The lowest BCUT2D eigenvalue weighted by Gasteiger charge is -2.31. The van der Waals surface area contributed by atoms with E-state index in [1.54, 1.807) is 24.1 Å². The molecule has 0 radical (unpaired) electrons. The fourth-order valence-corrected chi connectivity index (χ4v) is 4.04. The number of sulfonamides is 1. The third-order valence-electron chi connectivity index (χ3n) is 5.43. The van der Waals surface area contributed by atoms with Crippen molar-refractivity contribution in [1.29, 1.82) is 0 Å². The lowest BCUT2D eigenvalue weighted by Crippen LogP contribution is -2.35. The van der Waals surface area contributed by atoms with E-state index in [0.29, 0.717) is 0 Å². The second-order valence-corrected chi connectivity index (χ2v) is 8.96. The predicted octanol–water partition coefficient (Wildman–Crippen LogP) is 3.55. The monoisotopic (exact) mass is 416 g/mol. The van der Waals surface area contributed by atoms with Crippen molar-refractivity contribution in [3.8, 4) is 0 Å². The smallest absolute Gasteiger partial charge is 0.322 e. The first-order valence-corrected chi connectivity index (χ1v) is 11.3. The summed E-state index contributed by atoms with van der Waals surface area (Å²) in [4.78, 5) is 16.8. The van der Waals surface area contributed by atoms with E-state index in [0.717, 1.165) is 42.9 Å². The highest BCUT2D eigenvalue weighted by Crippen LogP contribution is 2.29. The maximum absolute atomic E-state index is 12.9. The first-order valence-electron chi connectivity index (χ1n) is 9.78. The quantitative estimate of drug-likeness (QED) is 0.779. The van der Waals surface area contributed by atoms with Crippen LogP contribution in [0.3, 0.4) is 0 Å². The molecule has 0 aromatic heterocycles. The average molecular weight is 417 g/mol. The molecule has 0 aliphatic carbocycles. The molecule has 1 fully saturated rings. The van der Waals surface area contributed by atoms with Crippen molar-refractivity contribution >= 4 is 27.4 Å². The highest BCUT2D eigenvalue weighted by Gasteiger charge is 2.21. The number of primary sulfonamides is 1. The number of carbonyl (C=O) groups excluding carboxylic acids is 1. The van der Waals surface area contributed by atoms with Gasteiger partial charge in [-0.3, -0.25) is 0 Å². The summed E-state index contributed by atoms with van der Waals surface area (Å²) >= 11 is 0. The summed E-state index contributed by atoms with van der Waals surface area (Å²) in [5.74, 6) is 0. The molecule has 3 N–H and O–H groups in total. The predicted molar refractivity (Wildman–Crippen MR) is 116 cm³/mol. The molecule has 1 atom stereocenters. The number of nitrogens with two attached hydrogens (primary N) is 1. The molecule has 2 aromatic carbocycles. The summed E-state index contributed by atoms with van der Waals surface area (Å²) in [5.41, 5.74) is 2.65. The molecular weight excluding hydrogens is 388 g/mol. The normalized spacial score (nSPS) is 15.6. The van der Waals surface area contributed by atoms with Crippen molar-refractivity contribution in [2.24, 2.45) is 5.14 Å². The van der Waals surface area contributed by atoms with Gasteiger partial charge in [0, 0.05) is 20.1 Å². The van der Waals surface area contributed by atoms with Gasteiger partial charge in [0.2, 0.25) is 10.0 Å². The lowest BCUT2D eigenvalue weighted by atomic mass is 10.1. The van der Waals surface area contributed by atoms with Crippen LogP contribution in [0.15, 0.2) is 53.4 Å². The second kappa shape index (κ2) is 8.84. The van der Waals surface area contributed by atoms with E-state index in [1.807, 2.05) is 31.2 Å². The highest BCUT2D eigenvalue weighted by atomic mass is 32.2. The number of benzene rings is 2. The zero-order valence-corrected chi connectivity index (χ0v) is 17.7. The minimum atomic E-state index is -3.74. The molecule has 156 valence electrons. The highest BCUT2D eigenvalue weighted by molar-refractivity contribution is 7.89. The zero-order chi connectivity index (χ0) is 21.0. The van der Waals surface area contributed by atoms with E-state index < -0.39 is 10.0 Å². The largest absolute Gasteiger partial charge is 0.370 e. The Morgan fingerprint density at radius 2 is 1.69 bits per heavy atom. The molecule has 8 heteroatoms. The Morgan fingerprint density at radius 1 is 1.07 bits per heavy atom. The van der Waals surface area contributed by atoms with Gasteiger partial charge >= 0.3 is 6.03 Å². The van der Waals surface area contributed by atoms with Gasteiger partial charge in [-0.2, -0.15) is 0 Å². The topological polar surface area (TPSA) is 95.7 Å². The van der Waals surface area contributed by atoms with Crippen LogP contribution < -0.4 is 15.4 Å². The van der Waals surface area contributed by atoms with E-state index in [1.165, 1.54) is 18.6 Å². The van der Waals surface area contributed by atoms with Crippen LogP contribution in [0.25, 0.3) is 0 Å². The number of nitrogens with one attached hydrogen (secondary N) is 1. The van der Waals surface area contributed by atoms with Gasteiger partial charge in [0.05, 0.1) is 22.3 Å². The molecule has 3 rings (SSSR count). The van der Waals surface area contributed by atoms with Gasteiger partial charge in [0.15, 0.2) is 0 Å². The molecular formula is C21H28N4O3S. The van der Waals surface area contributed by atoms with E-state index >= 15 is 0 Å². The van der Waals surface area contributed by atoms with Gasteiger partial charge in [0.25, 0.3) is 0 Å². The van der Waals surface area contributed by atoms with Crippen molar-refractivity contribution in [2.45, 2.75) is 37.1 Å². The molecule has 1 heterocycles. The van der Waals surface area contributed by atoms with Gasteiger partial charge in [0.1, 0.15) is 0 Å². The first kappa shape index (κ1) is 21.1. The number of hydrogen-bond donors (Lipinski definition) is 2. The SMILES string of the molecule is C[C@@H](c1ccc(S(N)(=O)=O)cc1)N(C)C(=O)Nc1ccccc1N1CCCCC1. The molecule has 2 amide bonds. The molecule has 29 heavy (non-hydrogen) atoms. The number of hydrogen-bond acceptors (Lipinski definition) is 4. The molecule has 1 saturated heterocycles. The van der Waals surface area contributed by atoms with Crippen LogP contribution in [-0.2, 0) is 10.0 Å². The van der Waals surface area contributed by atoms with Crippen LogP contribution in [-0.4, -0.2) is 39.5 Å². The number of para-hydroxylation sites is 2. The van der Waals surface area contributed by atoms with Crippen LogP contribution in [0.4, 0.5) is 16.2 Å². The van der Waals surface area contributed by atoms with E-state index in [2.05, 4.69) is 10.2 Å². The van der Waals surface area contributed by atoms with E-state index in [4.69, 9.17) is 5.14 Å². The number of rotatable bonds is 5. The van der Waals surface area contributed by atoms with Crippen molar-refractivity contribution in [3.63, 3.8) is 0 Å². The van der Waals surface area contributed by atoms with Crippen LogP contribution in [0.5, 0.6) is 0 Å². The lowest BCUT2D eigenvalue weighted by molar-refractivity contribution is 0.208. The minimum absolute atomic E-state index is 0.0519. The van der Waals surface area contributed by atoms with E-state index in [9.17, 15) is 13.2 Å². The number of amides is 2. The van der Waals surface area contributed by atoms with Crippen molar-refractivity contribution < 1.29 is 13.2 Å². The Morgan fingerprint density at radius 3 is 2.31 bits per heavy atom. The van der Waals surface area contributed by atoms with Crippen LogP contribution in [0.1, 0.15) is 37.8 Å². The van der Waals surface area contributed by atoms with Crippen molar-refractivity contribution in [3.05, 3.63) is 54.1 Å². The Balaban J connectivity index is 1.72. The van der Waals surface area contributed by atoms with Gasteiger partial charge < -0.3 is 15.1 Å². The number of urea groups is 1. The maximum Gasteiger partial charge on any atom is 0.322 e. The summed E-state index contributed by atoms with van der Waals surface area (Å²) < 4.78 is 22.8. The van der Waals surface area contributed by atoms with Crippen LogP contribution in [0.2, 0.25) is 0 Å². The number of piperidine rings is 1. The maximum atomic E-state index is 12.9. The molecule has 0 unspecified atom stereocenters. The average Bonchev–Trinajstić information content (AvgIpc) is 2.73. The third-order valence-corrected chi connectivity index (χ3v) is 6.36. The molecule has 1 aliphatic heterocycles. The third kappa shape index (κ3) is 5.07. The summed E-state index contributed by atoms with van der Waals surface area (Å²) in [6.07, 6.45) is 3.57. The van der Waals surface area contributed by atoms with E-state index in [-0.39, 0.29) is 17.0 Å².